The van der Waals surface area contributed by atoms with E-state index in [1.54, 1.807) is 12.1 Å². The van der Waals surface area contributed by atoms with Gasteiger partial charge in [0.2, 0.25) is 5.78 Å². The second-order valence-corrected chi connectivity index (χ2v) is 7.12. The Morgan fingerprint density at radius 1 is 1.14 bits per heavy atom. The number of aromatic nitrogens is 2. The third-order valence-corrected chi connectivity index (χ3v) is 5.19. The van der Waals surface area contributed by atoms with Crippen LogP contribution in [-0.4, -0.2) is 35.0 Å². The van der Waals surface area contributed by atoms with Crippen molar-refractivity contribution in [2.24, 2.45) is 5.92 Å². The summed E-state index contributed by atoms with van der Waals surface area (Å²) >= 11 is 0. The van der Waals surface area contributed by atoms with Crippen molar-refractivity contribution in [2.45, 2.75) is 25.8 Å². The van der Waals surface area contributed by atoms with Crippen molar-refractivity contribution in [1.29, 1.82) is 0 Å². The van der Waals surface area contributed by atoms with Crippen LogP contribution in [0.1, 0.15) is 29.9 Å². The van der Waals surface area contributed by atoms with Crippen LogP contribution in [0.5, 0.6) is 5.75 Å². The molecule has 1 aliphatic heterocycles. The fourth-order valence-corrected chi connectivity index (χ4v) is 3.70. The van der Waals surface area contributed by atoms with E-state index in [-0.39, 0.29) is 17.5 Å². The zero-order chi connectivity index (χ0) is 19.3. The number of ketones is 1. The fourth-order valence-electron chi connectivity index (χ4n) is 3.70. The number of para-hydroxylation sites is 2. The van der Waals surface area contributed by atoms with Gasteiger partial charge in [0.15, 0.2) is 5.82 Å². The van der Waals surface area contributed by atoms with Crippen LogP contribution < -0.4 is 10.1 Å². The molecule has 0 atom stereocenters. The molecule has 0 unspecified atom stereocenters. The maximum Gasteiger partial charge on any atom is 0.201 e. The summed E-state index contributed by atoms with van der Waals surface area (Å²) < 4.78 is 20.7. The SMILES string of the molecule is O=C(c1nc2ccccc2n1CCCOc1ccc(F)cc1)C1CCNCC1. The fraction of sp³-hybridized carbons (Fsp3) is 0.364. The number of aryl methyl sites for hydroxylation is 1. The molecule has 5 nitrogen and oxygen atoms in total. The topological polar surface area (TPSA) is 56.2 Å². The highest BCUT2D eigenvalue weighted by Crippen LogP contribution is 2.23. The van der Waals surface area contributed by atoms with Crippen molar-refractivity contribution >= 4 is 16.8 Å². The molecule has 146 valence electrons. The first-order chi connectivity index (χ1) is 13.7. The lowest BCUT2D eigenvalue weighted by Crippen LogP contribution is -2.33. The molecule has 0 aliphatic carbocycles. The number of nitrogens with one attached hydrogen (secondary N) is 1. The van der Waals surface area contributed by atoms with Gasteiger partial charge in [0.05, 0.1) is 17.6 Å². The highest BCUT2D eigenvalue weighted by atomic mass is 19.1. The number of piperidine rings is 1. The van der Waals surface area contributed by atoms with E-state index in [1.165, 1.54) is 12.1 Å². The molecular weight excluding hydrogens is 357 g/mol. The number of fused-ring (bicyclic) bond motifs is 1. The maximum absolute atomic E-state index is 13.1. The number of carbonyl (C=O) groups excluding carboxylic acids is 1. The molecule has 1 aliphatic rings. The Hall–Kier alpha value is -2.73. The number of halogens is 1. The second-order valence-electron chi connectivity index (χ2n) is 7.12. The summed E-state index contributed by atoms with van der Waals surface area (Å²) in [6.45, 7) is 2.89. The molecule has 28 heavy (non-hydrogen) atoms. The molecule has 6 heteroatoms. The number of hydrogen-bond acceptors (Lipinski definition) is 4. The second kappa shape index (κ2) is 8.52. The van der Waals surface area contributed by atoms with Crippen LogP contribution in [0, 0.1) is 11.7 Å². The summed E-state index contributed by atoms with van der Waals surface area (Å²) in [4.78, 5) is 17.7. The molecule has 1 aromatic heterocycles. The molecule has 3 aromatic rings. The zero-order valence-electron chi connectivity index (χ0n) is 15.7. The lowest BCUT2D eigenvalue weighted by molar-refractivity contribution is 0.0879. The molecule has 0 radical (unpaired) electrons. The van der Waals surface area contributed by atoms with E-state index in [9.17, 15) is 9.18 Å². The van der Waals surface area contributed by atoms with E-state index in [1.807, 2.05) is 28.8 Å². The average Bonchev–Trinajstić information content (AvgIpc) is 3.11. The first-order valence-electron chi connectivity index (χ1n) is 9.81. The number of nitrogens with zero attached hydrogens (tertiary/aromatic N) is 2. The quantitative estimate of drug-likeness (QED) is 0.499. The Bertz CT molecular complexity index is 946. The van der Waals surface area contributed by atoms with Gasteiger partial charge in [0, 0.05) is 12.5 Å². The molecule has 2 heterocycles. The van der Waals surface area contributed by atoms with E-state index >= 15 is 0 Å². The first-order valence-corrected chi connectivity index (χ1v) is 9.81. The molecule has 1 N–H and O–H groups in total. The summed E-state index contributed by atoms with van der Waals surface area (Å²) in [5.74, 6) is 1.08. The van der Waals surface area contributed by atoms with Gasteiger partial charge in [0.25, 0.3) is 0 Å². The van der Waals surface area contributed by atoms with Gasteiger partial charge in [-0.3, -0.25) is 4.79 Å². The minimum atomic E-state index is -0.279. The molecule has 0 saturated carbocycles. The van der Waals surface area contributed by atoms with Gasteiger partial charge in [-0.2, -0.15) is 0 Å². The van der Waals surface area contributed by atoms with Gasteiger partial charge < -0.3 is 14.6 Å². The van der Waals surface area contributed by atoms with Crippen molar-refractivity contribution in [3.05, 3.63) is 60.2 Å². The average molecular weight is 381 g/mol. The third kappa shape index (κ3) is 4.07. The normalized spacial score (nSPS) is 15.0. The van der Waals surface area contributed by atoms with Crippen LogP contribution in [0.15, 0.2) is 48.5 Å². The van der Waals surface area contributed by atoms with E-state index < -0.39 is 0 Å². The molecule has 4 rings (SSSR count). The number of benzene rings is 2. The number of imidazole rings is 1. The Morgan fingerprint density at radius 2 is 1.89 bits per heavy atom. The van der Waals surface area contributed by atoms with Crippen molar-refractivity contribution in [2.75, 3.05) is 19.7 Å². The Kier molecular flexibility index (Phi) is 5.67. The van der Waals surface area contributed by atoms with Gasteiger partial charge in [-0.05, 0) is 68.8 Å². The number of hydrogen-bond donors (Lipinski definition) is 1. The number of ether oxygens (including phenoxy) is 1. The third-order valence-electron chi connectivity index (χ3n) is 5.19. The predicted molar refractivity (Wildman–Crippen MR) is 106 cm³/mol. The summed E-state index contributed by atoms with van der Waals surface area (Å²) in [5.41, 5.74) is 1.82. The molecule has 0 spiro atoms. The highest BCUT2D eigenvalue weighted by Gasteiger charge is 2.26. The summed E-state index contributed by atoms with van der Waals surface area (Å²) in [5, 5.41) is 3.30. The van der Waals surface area contributed by atoms with Crippen LogP contribution >= 0.6 is 0 Å². The standard InChI is InChI=1S/C22H24FN3O2/c23-17-6-8-18(9-7-17)28-15-3-14-26-20-5-2-1-4-19(20)25-22(26)21(27)16-10-12-24-13-11-16/h1-2,4-9,16,24H,3,10-15H2. The number of carbonyl (C=O) groups is 1. The van der Waals surface area contributed by atoms with Crippen LogP contribution in [0.4, 0.5) is 4.39 Å². The first kappa shape index (κ1) is 18.6. The summed E-state index contributed by atoms with van der Waals surface area (Å²) in [6.07, 6.45) is 2.44. The Balaban J connectivity index is 1.48. The largest absolute Gasteiger partial charge is 0.494 e. The summed E-state index contributed by atoms with van der Waals surface area (Å²) in [7, 11) is 0. The minimum absolute atomic E-state index is 0.0345. The molecule has 1 saturated heterocycles. The summed E-state index contributed by atoms with van der Waals surface area (Å²) in [6, 6.07) is 13.9. The van der Waals surface area contributed by atoms with Crippen LogP contribution in [0.3, 0.4) is 0 Å². The van der Waals surface area contributed by atoms with Crippen molar-refractivity contribution in [3.63, 3.8) is 0 Å². The Morgan fingerprint density at radius 3 is 2.68 bits per heavy atom. The van der Waals surface area contributed by atoms with Gasteiger partial charge in [0.1, 0.15) is 11.6 Å². The van der Waals surface area contributed by atoms with E-state index in [2.05, 4.69) is 10.3 Å². The molecule has 0 bridgehead atoms. The Labute approximate surface area is 163 Å². The van der Waals surface area contributed by atoms with Gasteiger partial charge in [-0.25, -0.2) is 9.37 Å². The molecule has 0 amide bonds. The number of rotatable bonds is 7. The minimum Gasteiger partial charge on any atom is -0.494 e. The monoisotopic (exact) mass is 381 g/mol. The van der Waals surface area contributed by atoms with Gasteiger partial charge >= 0.3 is 0 Å². The smallest absolute Gasteiger partial charge is 0.201 e. The zero-order valence-corrected chi connectivity index (χ0v) is 15.7. The highest BCUT2D eigenvalue weighted by molar-refractivity contribution is 5.98. The van der Waals surface area contributed by atoms with Crippen molar-refractivity contribution < 1.29 is 13.9 Å². The van der Waals surface area contributed by atoms with Crippen molar-refractivity contribution in [1.82, 2.24) is 14.9 Å². The lowest BCUT2D eigenvalue weighted by Gasteiger charge is -2.21. The molecule has 1 fully saturated rings. The van der Waals surface area contributed by atoms with Crippen molar-refractivity contribution in [3.8, 4) is 5.75 Å². The van der Waals surface area contributed by atoms with Gasteiger partial charge in [-0.15, -0.1) is 0 Å². The van der Waals surface area contributed by atoms with Gasteiger partial charge in [-0.1, -0.05) is 12.1 Å². The number of Topliss-reactive ketones (excluding diaryl/α,β-unsaturated/α-hetero) is 1. The van der Waals surface area contributed by atoms with E-state index in [4.69, 9.17) is 4.74 Å². The predicted octanol–water partition coefficient (Wildman–Crippen LogP) is 3.83. The van der Waals surface area contributed by atoms with Crippen LogP contribution in [-0.2, 0) is 6.54 Å². The molecular formula is C22H24FN3O2. The van der Waals surface area contributed by atoms with E-state index in [0.29, 0.717) is 24.7 Å². The van der Waals surface area contributed by atoms with E-state index in [0.717, 1.165) is 43.4 Å². The van der Waals surface area contributed by atoms with Crippen LogP contribution in [0.25, 0.3) is 11.0 Å². The maximum atomic E-state index is 13.1. The molecule has 2 aromatic carbocycles. The lowest BCUT2D eigenvalue weighted by atomic mass is 9.93. The van der Waals surface area contributed by atoms with Crippen LogP contribution in [0.2, 0.25) is 0 Å².